The minimum Gasteiger partial charge on any atom is -0.368 e. The number of guanidine groups is 1. The average Bonchev–Trinajstić information content (AvgIpc) is 3.16. The summed E-state index contributed by atoms with van der Waals surface area (Å²) in [5, 5.41) is 4.57. The number of aryl methyl sites for hydroxylation is 1. The summed E-state index contributed by atoms with van der Waals surface area (Å²) >= 11 is 1.78. The van der Waals surface area contributed by atoms with Crippen LogP contribution in [-0.2, 0) is 12.8 Å². The highest BCUT2D eigenvalue weighted by Gasteiger charge is 2.19. The second-order valence-corrected chi connectivity index (χ2v) is 7.71. The Morgan fingerprint density at radius 2 is 1.93 bits per heavy atom. The van der Waals surface area contributed by atoms with Crippen molar-refractivity contribution in [1.82, 2.24) is 15.2 Å². The van der Waals surface area contributed by atoms with Crippen LogP contribution in [0.15, 0.2) is 35.5 Å². The first-order valence-electron chi connectivity index (χ1n) is 9.67. The van der Waals surface area contributed by atoms with Crippen LogP contribution in [0, 0.1) is 5.82 Å². The number of thiazole rings is 1. The number of benzene rings is 1. The van der Waals surface area contributed by atoms with Crippen molar-refractivity contribution in [2.24, 2.45) is 4.99 Å². The van der Waals surface area contributed by atoms with Crippen molar-refractivity contribution < 1.29 is 4.39 Å². The van der Waals surface area contributed by atoms with Crippen molar-refractivity contribution in [2.45, 2.75) is 26.7 Å². The molecule has 1 saturated heterocycles. The maximum Gasteiger partial charge on any atom is 0.194 e. The fourth-order valence-corrected chi connectivity index (χ4v) is 3.99. The predicted octanol–water partition coefficient (Wildman–Crippen LogP) is 3.17. The monoisotopic (exact) mass is 389 g/mol. The van der Waals surface area contributed by atoms with E-state index in [2.05, 4.69) is 33.9 Å². The molecule has 0 bridgehead atoms. The fourth-order valence-electron chi connectivity index (χ4n) is 3.14. The van der Waals surface area contributed by atoms with Crippen molar-refractivity contribution in [3.05, 3.63) is 46.2 Å². The van der Waals surface area contributed by atoms with Crippen molar-refractivity contribution in [1.29, 1.82) is 0 Å². The molecule has 1 fully saturated rings. The van der Waals surface area contributed by atoms with E-state index in [1.165, 1.54) is 17.0 Å². The Hall–Kier alpha value is -2.15. The molecule has 27 heavy (non-hydrogen) atoms. The molecule has 2 aromatic rings. The number of anilines is 1. The smallest absolute Gasteiger partial charge is 0.194 e. The zero-order chi connectivity index (χ0) is 19.1. The third-order valence-electron chi connectivity index (χ3n) is 4.64. The van der Waals surface area contributed by atoms with Crippen LogP contribution < -0.4 is 10.2 Å². The molecule has 0 saturated carbocycles. The predicted molar refractivity (Wildman–Crippen MR) is 111 cm³/mol. The molecule has 0 amide bonds. The van der Waals surface area contributed by atoms with Crippen LogP contribution in [0.5, 0.6) is 0 Å². The molecule has 1 aliphatic rings. The number of aromatic nitrogens is 1. The normalized spacial score (nSPS) is 15.3. The van der Waals surface area contributed by atoms with E-state index < -0.39 is 0 Å². The van der Waals surface area contributed by atoms with Crippen molar-refractivity contribution in [3.8, 4) is 0 Å². The summed E-state index contributed by atoms with van der Waals surface area (Å²) in [4.78, 5) is 15.2. The number of nitrogens with one attached hydrogen (secondary N) is 1. The molecule has 0 unspecified atom stereocenters. The number of nitrogens with zero attached hydrogens (tertiary/aromatic N) is 4. The lowest BCUT2D eigenvalue weighted by atomic mass is 10.2. The molecule has 0 radical (unpaired) electrons. The molecule has 1 N–H and O–H groups in total. The number of piperazine rings is 1. The minimum atomic E-state index is -0.190. The fraction of sp³-hybridized carbons (Fsp3) is 0.500. The van der Waals surface area contributed by atoms with Gasteiger partial charge >= 0.3 is 0 Å². The zero-order valence-electron chi connectivity index (χ0n) is 16.1. The third-order valence-corrected chi connectivity index (χ3v) is 5.84. The highest BCUT2D eigenvalue weighted by Crippen LogP contribution is 2.17. The van der Waals surface area contributed by atoms with Crippen LogP contribution in [0.2, 0.25) is 0 Å². The molecule has 7 heteroatoms. The van der Waals surface area contributed by atoms with Gasteiger partial charge in [-0.1, -0.05) is 6.92 Å². The summed E-state index contributed by atoms with van der Waals surface area (Å²) in [6, 6.07) is 6.75. The second-order valence-electron chi connectivity index (χ2n) is 6.51. The molecular weight excluding hydrogens is 361 g/mol. The molecule has 0 spiro atoms. The van der Waals surface area contributed by atoms with Gasteiger partial charge < -0.3 is 15.1 Å². The average molecular weight is 390 g/mol. The van der Waals surface area contributed by atoms with Crippen LogP contribution in [0.1, 0.15) is 23.7 Å². The van der Waals surface area contributed by atoms with Gasteiger partial charge in [0.05, 0.1) is 5.01 Å². The van der Waals surface area contributed by atoms with Gasteiger partial charge in [0.15, 0.2) is 5.96 Å². The number of rotatable bonds is 6. The van der Waals surface area contributed by atoms with E-state index in [1.807, 2.05) is 18.3 Å². The van der Waals surface area contributed by atoms with Crippen LogP contribution >= 0.6 is 11.3 Å². The van der Waals surface area contributed by atoms with E-state index in [0.29, 0.717) is 0 Å². The number of hydrogen-bond acceptors (Lipinski definition) is 4. The molecule has 2 heterocycles. The summed E-state index contributed by atoms with van der Waals surface area (Å²) in [6.45, 7) is 9.47. The summed E-state index contributed by atoms with van der Waals surface area (Å²) in [5.74, 6) is 0.786. The Labute approximate surface area is 164 Å². The maximum atomic E-state index is 13.1. The van der Waals surface area contributed by atoms with Gasteiger partial charge in [0.1, 0.15) is 5.82 Å². The van der Waals surface area contributed by atoms with E-state index in [-0.39, 0.29) is 5.82 Å². The summed E-state index contributed by atoms with van der Waals surface area (Å²) < 4.78 is 13.1. The Morgan fingerprint density at radius 1 is 1.19 bits per heavy atom. The van der Waals surface area contributed by atoms with E-state index in [9.17, 15) is 4.39 Å². The van der Waals surface area contributed by atoms with E-state index in [0.717, 1.165) is 68.8 Å². The first kappa shape index (κ1) is 19.6. The van der Waals surface area contributed by atoms with Gasteiger partial charge in [-0.05, 0) is 37.6 Å². The SMILES string of the molecule is CCNC(=NCCc1ncc(CC)s1)N1CCN(c2ccc(F)cc2)CC1. The Bertz CT molecular complexity index is 735. The van der Waals surface area contributed by atoms with Gasteiger partial charge in [-0.2, -0.15) is 0 Å². The van der Waals surface area contributed by atoms with Crippen LogP contribution in [0.25, 0.3) is 0 Å². The summed E-state index contributed by atoms with van der Waals surface area (Å²) in [7, 11) is 0. The highest BCUT2D eigenvalue weighted by atomic mass is 32.1. The quantitative estimate of drug-likeness (QED) is 0.609. The molecule has 0 atom stereocenters. The van der Waals surface area contributed by atoms with Gasteiger partial charge in [-0.15, -0.1) is 11.3 Å². The third kappa shape index (κ3) is 5.42. The topological polar surface area (TPSA) is 43.8 Å². The van der Waals surface area contributed by atoms with Gasteiger partial charge in [-0.3, -0.25) is 4.99 Å². The Balaban J connectivity index is 1.54. The lowest BCUT2D eigenvalue weighted by Gasteiger charge is -2.37. The lowest BCUT2D eigenvalue weighted by Crippen LogP contribution is -2.52. The van der Waals surface area contributed by atoms with Gasteiger partial charge in [0, 0.05) is 62.5 Å². The van der Waals surface area contributed by atoms with Crippen LogP contribution in [0.4, 0.5) is 10.1 Å². The van der Waals surface area contributed by atoms with Crippen molar-refractivity contribution >= 4 is 23.0 Å². The van der Waals surface area contributed by atoms with Gasteiger partial charge in [0.25, 0.3) is 0 Å². The van der Waals surface area contributed by atoms with Crippen LogP contribution in [-0.4, -0.2) is 55.1 Å². The molecule has 5 nitrogen and oxygen atoms in total. The van der Waals surface area contributed by atoms with Gasteiger partial charge in [0.2, 0.25) is 0 Å². The van der Waals surface area contributed by atoms with E-state index in [4.69, 9.17) is 4.99 Å². The molecule has 1 aliphatic heterocycles. The first-order chi connectivity index (χ1) is 13.2. The lowest BCUT2D eigenvalue weighted by molar-refractivity contribution is 0.372. The molecular formula is C20H28FN5S. The van der Waals surface area contributed by atoms with E-state index >= 15 is 0 Å². The van der Waals surface area contributed by atoms with Crippen molar-refractivity contribution in [3.63, 3.8) is 0 Å². The highest BCUT2D eigenvalue weighted by molar-refractivity contribution is 7.11. The summed E-state index contributed by atoms with van der Waals surface area (Å²) in [6.07, 6.45) is 3.90. The zero-order valence-corrected chi connectivity index (χ0v) is 16.9. The minimum absolute atomic E-state index is 0.190. The molecule has 1 aromatic heterocycles. The molecule has 1 aromatic carbocycles. The van der Waals surface area contributed by atoms with E-state index in [1.54, 1.807) is 11.3 Å². The molecule has 146 valence electrons. The number of hydrogen-bond donors (Lipinski definition) is 1. The maximum absolute atomic E-state index is 13.1. The van der Waals surface area contributed by atoms with Crippen LogP contribution in [0.3, 0.4) is 0 Å². The molecule has 0 aliphatic carbocycles. The Kier molecular flexibility index (Phi) is 7.04. The summed E-state index contributed by atoms with van der Waals surface area (Å²) in [5.41, 5.74) is 1.08. The molecule has 3 rings (SSSR count). The number of halogens is 1. The largest absolute Gasteiger partial charge is 0.368 e. The Morgan fingerprint density at radius 3 is 2.56 bits per heavy atom. The van der Waals surface area contributed by atoms with Gasteiger partial charge in [-0.25, -0.2) is 9.37 Å². The second kappa shape index (κ2) is 9.69. The number of aliphatic imine (C=N–C) groups is 1. The van der Waals surface area contributed by atoms with Crippen molar-refractivity contribution in [2.75, 3.05) is 44.2 Å². The first-order valence-corrected chi connectivity index (χ1v) is 10.5. The standard InChI is InChI=1S/C20H28FN5S/c1-3-18-15-24-19(27-18)9-10-23-20(22-4-2)26-13-11-25(12-14-26)17-7-5-16(21)6-8-17/h5-8,15H,3-4,9-14H2,1-2H3,(H,22,23).